The fraction of sp³-hybridized carbons (Fsp3) is 0.529. The second kappa shape index (κ2) is 7.85. The molecule has 0 aliphatic heterocycles. The third-order valence-corrected chi connectivity index (χ3v) is 3.63. The van der Waals surface area contributed by atoms with Crippen LogP contribution in [-0.4, -0.2) is 38.2 Å². The van der Waals surface area contributed by atoms with E-state index in [-0.39, 0.29) is 18.4 Å². The summed E-state index contributed by atoms with van der Waals surface area (Å²) < 4.78 is 15.6. The van der Waals surface area contributed by atoms with E-state index in [1.54, 1.807) is 27.2 Å². The highest BCUT2D eigenvalue weighted by molar-refractivity contribution is 5.83. The molecule has 1 saturated carbocycles. The van der Waals surface area contributed by atoms with E-state index in [0.717, 1.165) is 18.4 Å². The molecule has 1 aromatic rings. The summed E-state index contributed by atoms with van der Waals surface area (Å²) in [5.74, 6) is 0.712. The second-order valence-electron chi connectivity index (χ2n) is 5.64. The van der Waals surface area contributed by atoms with Gasteiger partial charge in [0.1, 0.15) is 11.5 Å². The van der Waals surface area contributed by atoms with Crippen LogP contribution in [0.25, 0.3) is 0 Å². The normalized spacial score (nSPS) is 14.7. The maximum absolute atomic E-state index is 11.9. The number of rotatable bonds is 8. The Morgan fingerprint density at radius 3 is 2.30 bits per heavy atom. The molecule has 2 rings (SSSR count). The maximum Gasteiger partial charge on any atom is 0.306 e. The van der Waals surface area contributed by atoms with E-state index in [9.17, 15) is 9.59 Å². The lowest BCUT2D eigenvalue weighted by atomic mass is 10.1. The zero-order valence-corrected chi connectivity index (χ0v) is 13.8. The average molecular weight is 321 g/mol. The van der Waals surface area contributed by atoms with Gasteiger partial charge in [-0.15, -0.1) is 0 Å². The lowest BCUT2D eigenvalue weighted by Gasteiger charge is -2.13. The molecule has 1 fully saturated rings. The van der Waals surface area contributed by atoms with Crippen LogP contribution in [0.1, 0.15) is 31.7 Å². The van der Waals surface area contributed by atoms with Crippen LogP contribution in [0, 0.1) is 0 Å². The van der Waals surface area contributed by atoms with E-state index in [0.29, 0.717) is 17.9 Å². The Hall–Kier alpha value is -2.24. The number of amides is 1. The fourth-order valence-electron chi connectivity index (χ4n) is 2.11. The van der Waals surface area contributed by atoms with Gasteiger partial charge >= 0.3 is 5.97 Å². The van der Waals surface area contributed by atoms with Gasteiger partial charge in [0.05, 0.1) is 14.2 Å². The Morgan fingerprint density at radius 2 is 1.78 bits per heavy atom. The highest BCUT2D eigenvalue weighted by Gasteiger charge is 2.27. The van der Waals surface area contributed by atoms with Crippen molar-refractivity contribution in [3.05, 3.63) is 23.8 Å². The van der Waals surface area contributed by atoms with Crippen LogP contribution in [0.3, 0.4) is 0 Å². The molecule has 126 valence electrons. The molecule has 0 bridgehead atoms. The Labute approximate surface area is 136 Å². The minimum absolute atomic E-state index is 0.192. The van der Waals surface area contributed by atoms with Crippen LogP contribution in [0.15, 0.2) is 18.2 Å². The molecule has 6 nitrogen and oxygen atoms in total. The highest BCUT2D eigenvalue weighted by Crippen LogP contribution is 2.23. The van der Waals surface area contributed by atoms with E-state index < -0.39 is 12.1 Å². The number of benzene rings is 1. The van der Waals surface area contributed by atoms with Crippen molar-refractivity contribution < 1.29 is 23.8 Å². The van der Waals surface area contributed by atoms with Gasteiger partial charge in [-0.2, -0.15) is 0 Å². The summed E-state index contributed by atoms with van der Waals surface area (Å²) in [5, 5.41) is 2.81. The molecule has 6 heteroatoms. The van der Waals surface area contributed by atoms with E-state index >= 15 is 0 Å². The standard InChI is InChI=1S/C17H23NO5/c1-11(17(20)18-13-5-6-13)23-16(19)7-4-12-8-14(21-2)10-15(9-12)22-3/h8-11,13H,4-7H2,1-3H3,(H,18,20)/t11-/m0/s1. The SMILES string of the molecule is COc1cc(CCC(=O)O[C@@H](C)C(=O)NC2CC2)cc(OC)c1. The molecule has 1 N–H and O–H groups in total. The quantitative estimate of drug-likeness (QED) is 0.740. The average Bonchev–Trinajstić information content (AvgIpc) is 3.36. The van der Waals surface area contributed by atoms with Crippen LogP contribution in [0.4, 0.5) is 0 Å². The topological polar surface area (TPSA) is 73.9 Å². The molecule has 0 radical (unpaired) electrons. The van der Waals surface area contributed by atoms with Gasteiger partial charge in [0, 0.05) is 18.5 Å². The largest absolute Gasteiger partial charge is 0.497 e. The summed E-state index contributed by atoms with van der Waals surface area (Å²) in [4.78, 5) is 23.6. The van der Waals surface area contributed by atoms with Gasteiger partial charge in [0.15, 0.2) is 6.10 Å². The van der Waals surface area contributed by atoms with E-state index in [2.05, 4.69) is 5.32 Å². The van der Waals surface area contributed by atoms with Crippen LogP contribution in [-0.2, 0) is 20.7 Å². The molecule has 23 heavy (non-hydrogen) atoms. The number of carbonyl (C=O) groups is 2. The molecule has 1 atom stereocenters. The van der Waals surface area contributed by atoms with Gasteiger partial charge in [0.25, 0.3) is 5.91 Å². The number of esters is 1. The van der Waals surface area contributed by atoms with Crippen LogP contribution >= 0.6 is 0 Å². The third-order valence-electron chi connectivity index (χ3n) is 3.63. The number of nitrogens with one attached hydrogen (secondary N) is 1. The van der Waals surface area contributed by atoms with Crippen molar-refractivity contribution in [2.24, 2.45) is 0 Å². The number of aryl methyl sites for hydroxylation is 1. The first kappa shape index (κ1) is 17.1. The van der Waals surface area contributed by atoms with Crippen molar-refractivity contribution in [3.8, 4) is 11.5 Å². The van der Waals surface area contributed by atoms with Crippen LogP contribution in [0.2, 0.25) is 0 Å². The van der Waals surface area contributed by atoms with Gasteiger partial charge in [-0.05, 0) is 43.9 Å². The monoisotopic (exact) mass is 321 g/mol. The second-order valence-corrected chi connectivity index (χ2v) is 5.64. The maximum atomic E-state index is 11.9. The molecule has 1 aromatic carbocycles. The number of hydrogen-bond donors (Lipinski definition) is 1. The van der Waals surface area contributed by atoms with Crippen molar-refractivity contribution >= 4 is 11.9 Å². The molecule has 0 heterocycles. The fourth-order valence-corrected chi connectivity index (χ4v) is 2.11. The Balaban J connectivity index is 1.82. The summed E-state index contributed by atoms with van der Waals surface area (Å²) in [6.45, 7) is 1.59. The summed E-state index contributed by atoms with van der Waals surface area (Å²) in [7, 11) is 3.15. The molecular formula is C17H23NO5. The molecule has 1 amide bonds. The number of carbonyl (C=O) groups excluding carboxylic acids is 2. The van der Waals surface area contributed by atoms with Gasteiger partial charge in [-0.25, -0.2) is 0 Å². The first-order valence-corrected chi connectivity index (χ1v) is 7.73. The Bertz CT molecular complexity index is 546. The zero-order chi connectivity index (χ0) is 16.8. The summed E-state index contributed by atoms with van der Waals surface area (Å²) in [6.07, 6.45) is 1.93. The molecule has 0 spiro atoms. The van der Waals surface area contributed by atoms with Crippen molar-refractivity contribution in [3.63, 3.8) is 0 Å². The Kier molecular flexibility index (Phi) is 5.84. The Morgan fingerprint density at radius 1 is 1.17 bits per heavy atom. The summed E-state index contributed by atoms with van der Waals surface area (Å²) >= 11 is 0. The van der Waals surface area contributed by atoms with Gasteiger partial charge < -0.3 is 19.5 Å². The summed E-state index contributed by atoms with van der Waals surface area (Å²) in [5.41, 5.74) is 0.910. The van der Waals surface area contributed by atoms with Crippen molar-refractivity contribution in [2.45, 2.75) is 44.8 Å². The summed E-state index contributed by atoms with van der Waals surface area (Å²) in [6, 6.07) is 5.72. The van der Waals surface area contributed by atoms with Gasteiger partial charge in [-0.1, -0.05) is 0 Å². The van der Waals surface area contributed by atoms with Crippen molar-refractivity contribution in [1.82, 2.24) is 5.32 Å². The number of ether oxygens (including phenoxy) is 3. The lowest BCUT2D eigenvalue weighted by Crippen LogP contribution is -2.37. The number of methoxy groups -OCH3 is 2. The molecule has 1 aliphatic rings. The van der Waals surface area contributed by atoms with E-state index in [1.165, 1.54) is 0 Å². The van der Waals surface area contributed by atoms with Gasteiger partial charge in [0.2, 0.25) is 0 Å². The third kappa shape index (κ3) is 5.47. The molecule has 0 unspecified atom stereocenters. The molecule has 1 aliphatic carbocycles. The molecular weight excluding hydrogens is 298 g/mol. The highest BCUT2D eigenvalue weighted by atomic mass is 16.5. The molecule has 0 saturated heterocycles. The van der Waals surface area contributed by atoms with Gasteiger partial charge in [-0.3, -0.25) is 9.59 Å². The predicted octanol–water partition coefficient (Wildman–Crippen LogP) is 1.85. The van der Waals surface area contributed by atoms with Crippen molar-refractivity contribution in [1.29, 1.82) is 0 Å². The first-order valence-electron chi connectivity index (χ1n) is 7.73. The predicted molar refractivity (Wildman–Crippen MR) is 84.6 cm³/mol. The van der Waals surface area contributed by atoms with E-state index in [1.807, 2.05) is 12.1 Å². The number of hydrogen-bond acceptors (Lipinski definition) is 5. The first-order chi connectivity index (χ1) is 11.0. The van der Waals surface area contributed by atoms with Crippen LogP contribution in [0.5, 0.6) is 11.5 Å². The minimum atomic E-state index is -0.761. The van der Waals surface area contributed by atoms with E-state index in [4.69, 9.17) is 14.2 Å². The zero-order valence-electron chi connectivity index (χ0n) is 13.8. The lowest BCUT2D eigenvalue weighted by molar-refractivity contribution is -0.154. The van der Waals surface area contributed by atoms with Crippen molar-refractivity contribution in [2.75, 3.05) is 14.2 Å². The smallest absolute Gasteiger partial charge is 0.306 e. The van der Waals surface area contributed by atoms with Crippen LogP contribution < -0.4 is 14.8 Å². The molecule has 0 aromatic heterocycles. The minimum Gasteiger partial charge on any atom is -0.497 e.